The smallest absolute Gasteiger partial charge is 0.261 e. The predicted octanol–water partition coefficient (Wildman–Crippen LogP) is 3.13. The maximum atomic E-state index is 13.1. The molecule has 1 N–H and O–H groups in total. The minimum absolute atomic E-state index is 0.217. The molecule has 0 bridgehead atoms. The molecule has 2 aliphatic rings. The molecule has 0 saturated carbocycles. The number of amides is 2. The van der Waals surface area contributed by atoms with Gasteiger partial charge in [0.2, 0.25) is 0 Å². The molecule has 2 aliphatic heterocycles. The number of carbonyl (C=O) groups excluding carboxylic acids is 2. The Kier molecular flexibility index (Phi) is 8.57. The van der Waals surface area contributed by atoms with Crippen molar-refractivity contribution in [1.82, 2.24) is 14.7 Å². The molecular weight excluding hydrogens is 494 g/mol. The van der Waals surface area contributed by atoms with Gasteiger partial charge in [0.1, 0.15) is 12.4 Å². The Morgan fingerprint density at radius 1 is 0.821 bits per heavy atom. The molecule has 0 aliphatic carbocycles. The Balaban J connectivity index is 1.00. The Hall–Kier alpha value is -3.30. The third-order valence-electron chi connectivity index (χ3n) is 7.71. The van der Waals surface area contributed by atoms with E-state index in [-0.39, 0.29) is 18.4 Å². The van der Waals surface area contributed by atoms with E-state index in [1.165, 1.54) is 16.0 Å². The minimum Gasteiger partial charge on any atom is -0.491 e. The number of carbonyl (C=O) groups is 2. The summed E-state index contributed by atoms with van der Waals surface area (Å²) in [4.78, 5) is 32.1. The van der Waals surface area contributed by atoms with Crippen molar-refractivity contribution >= 4 is 22.6 Å². The molecule has 206 valence electrons. The van der Waals surface area contributed by atoms with Crippen LogP contribution >= 0.6 is 0 Å². The zero-order valence-corrected chi connectivity index (χ0v) is 22.8. The summed E-state index contributed by atoms with van der Waals surface area (Å²) in [5.41, 5.74) is 3.63. The molecule has 2 heterocycles. The number of aliphatic hydroxyl groups excluding tert-OH is 1. The second-order valence-corrected chi connectivity index (χ2v) is 10.4. The first-order valence-corrected chi connectivity index (χ1v) is 13.7. The summed E-state index contributed by atoms with van der Waals surface area (Å²) < 4.78 is 11.4. The lowest BCUT2D eigenvalue weighted by Crippen LogP contribution is -2.51. The highest BCUT2D eigenvalue weighted by molar-refractivity contribution is 6.25. The van der Waals surface area contributed by atoms with Gasteiger partial charge in [-0.2, -0.15) is 0 Å². The zero-order chi connectivity index (χ0) is 27.4. The van der Waals surface area contributed by atoms with Gasteiger partial charge in [-0.1, -0.05) is 30.3 Å². The van der Waals surface area contributed by atoms with Crippen molar-refractivity contribution in [2.24, 2.45) is 0 Å². The van der Waals surface area contributed by atoms with E-state index in [0.29, 0.717) is 44.0 Å². The quantitative estimate of drug-likeness (QED) is 0.301. The Morgan fingerprint density at radius 2 is 1.49 bits per heavy atom. The van der Waals surface area contributed by atoms with Crippen LogP contribution in [0, 0.1) is 13.8 Å². The first-order chi connectivity index (χ1) is 18.9. The normalized spacial score (nSPS) is 17.2. The molecule has 1 saturated heterocycles. The molecule has 2 amide bonds. The summed E-state index contributed by atoms with van der Waals surface area (Å²) in [6.07, 6.45) is -0.565. The second-order valence-electron chi connectivity index (χ2n) is 10.4. The Labute approximate surface area is 229 Å². The number of nitrogens with zero attached hydrogens (tertiary/aromatic N) is 3. The van der Waals surface area contributed by atoms with E-state index in [9.17, 15) is 14.7 Å². The molecule has 39 heavy (non-hydrogen) atoms. The highest BCUT2D eigenvalue weighted by Crippen LogP contribution is 2.29. The van der Waals surface area contributed by atoms with E-state index >= 15 is 0 Å². The average molecular weight is 532 g/mol. The summed E-state index contributed by atoms with van der Waals surface area (Å²) in [6.45, 7) is 10.1. The summed E-state index contributed by atoms with van der Waals surface area (Å²) in [6, 6.07) is 17.2. The number of aryl methyl sites for hydroxylation is 2. The molecule has 3 aromatic carbocycles. The largest absolute Gasteiger partial charge is 0.491 e. The van der Waals surface area contributed by atoms with Crippen LogP contribution in [0.1, 0.15) is 31.8 Å². The van der Waals surface area contributed by atoms with Crippen LogP contribution in [0.15, 0.2) is 54.6 Å². The van der Waals surface area contributed by atoms with Crippen LogP contribution in [0.4, 0.5) is 0 Å². The summed E-state index contributed by atoms with van der Waals surface area (Å²) in [5, 5.41) is 12.1. The van der Waals surface area contributed by atoms with Gasteiger partial charge < -0.3 is 14.6 Å². The van der Waals surface area contributed by atoms with Crippen molar-refractivity contribution in [3.8, 4) is 5.75 Å². The fourth-order valence-corrected chi connectivity index (χ4v) is 5.31. The zero-order valence-electron chi connectivity index (χ0n) is 22.8. The number of β-amino-alcohol motifs (C(OH)–C–C–N with tert-alkyl or cyclic N) is 1. The van der Waals surface area contributed by atoms with Crippen molar-refractivity contribution < 1.29 is 24.2 Å². The molecule has 0 aromatic heterocycles. The number of rotatable bonds is 11. The summed E-state index contributed by atoms with van der Waals surface area (Å²) in [7, 11) is 0. The molecule has 0 unspecified atom stereocenters. The molecular formula is C31H37N3O5. The fraction of sp³-hybridized carbons (Fsp3) is 0.419. The molecule has 1 atom stereocenters. The van der Waals surface area contributed by atoms with Gasteiger partial charge >= 0.3 is 0 Å². The minimum atomic E-state index is -0.565. The maximum absolute atomic E-state index is 13.1. The van der Waals surface area contributed by atoms with Gasteiger partial charge in [0.25, 0.3) is 11.8 Å². The lowest BCUT2D eigenvalue weighted by atomic mass is 9.94. The van der Waals surface area contributed by atoms with Crippen molar-refractivity contribution in [3.05, 3.63) is 76.9 Å². The van der Waals surface area contributed by atoms with Gasteiger partial charge in [-0.15, -0.1) is 0 Å². The Morgan fingerprint density at radius 3 is 2.15 bits per heavy atom. The number of hydrogen-bond donors (Lipinski definition) is 1. The monoisotopic (exact) mass is 531 g/mol. The van der Waals surface area contributed by atoms with E-state index in [1.807, 2.05) is 42.5 Å². The van der Waals surface area contributed by atoms with Crippen molar-refractivity contribution in [2.75, 3.05) is 65.6 Å². The predicted molar refractivity (Wildman–Crippen MR) is 150 cm³/mol. The lowest BCUT2D eigenvalue weighted by molar-refractivity contribution is -0.000355. The van der Waals surface area contributed by atoms with Crippen LogP contribution in [0.2, 0.25) is 0 Å². The standard InChI is InChI=1S/C31H37N3O5/c1-22-9-10-26(19-23(22)2)39-18-17-38-21-25(35)20-33-13-11-32(12-14-33)15-16-34-30(36)27-7-3-5-24-6-4-8-28(29(24)27)31(34)37/h3-10,19,25,35H,11-18,20-21H2,1-2H3/t25-/m1/s1. The van der Waals surface area contributed by atoms with Gasteiger partial charge in [-0.25, -0.2) is 0 Å². The van der Waals surface area contributed by atoms with Gasteiger partial charge in [-0.3, -0.25) is 24.3 Å². The SMILES string of the molecule is Cc1ccc(OCCOC[C@H](O)CN2CCN(CCN3C(=O)c4cccc5cccc(c45)C3=O)CC2)cc1C. The number of benzene rings is 3. The van der Waals surface area contributed by atoms with Crippen molar-refractivity contribution in [1.29, 1.82) is 0 Å². The highest BCUT2D eigenvalue weighted by Gasteiger charge is 2.33. The van der Waals surface area contributed by atoms with Gasteiger partial charge in [0.15, 0.2) is 0 Å². The van der Waals surface area contributed by atoms with E-state index < -0.39 is 6.10 Å². The molecule has 0 radical (unpaired) electrons. The summed E-state index contributed by atoms with van der Waals surface area (Å²) >= 11 is 0. The number of aliphatic hydroxyl groups is 1. The summed E-state index contributed by atoms with van der Waals surface area (Å²) in [5.74, 6) is 0.396. The van der Waals surface area contributed by atoms with Crippen molar-refractivity contribution in [2.45, 2.75) is 20.0 Å². The number of hydrogen-bond acceptors (Lipinski definition) is 7. The average Bonchev–Trinajstić information content (AvgIpc) is 2.94. The maximum Gasteiger partial charge on any atom is 0.261 e. The lowest BCUT2D eigenvalue weighted by Gasteiger charge is -2.36. The third kappa shape index (κ3) is 6.31. The van der Waals surface area contributed by atoms with Crippen LogP contribution in [0.5, 0.6) is 5.75 Å². The van der Waals surface area contributed by atoms with Crippen LogP contribution in [0.3, 0.4) is 0 Å². The molecule has 3 aromatic rings. The first kappa shape index (κ1) is 27.3. The van der Waals surface area contributed by atoms with E-state index in [2.05, 4.69) is 23.6 Å². The van der Waals surface area contributed by atoms with Crippen LogP contribution in [0.25, 0.3) is 10.8 Å². The number of imide groups is 1. The van der Waals surface area contributed by atoms with E-state index in [1.54, 1.807) is 12.1 Å². The van der Waals surface area contributed by atoms with Gasteiger partial charge in [-0.05, 0) is 54.6 Å². The molecule has 1 fully saturated rings. The first-order valence-electron chi connectivity index (χ1n) is 13.7. The van der Waals surface area contributed by atoms with Gasteiger partial charge in [0, 0.05) is 62.3 Å². The fourth-order valence-electron chi connectivity index (χ4n) is 5.31. The molecule has 5 rings (SSSR count). The molecule has 8 nitrogen and oxygen atoms in total. The van der Waals surface area contributed by atoms with Crippen molar-refractivity contribution in [3.63, 3.8) is 0 Å². The number of piperazine rings is 1. The topological polar surface area (TPSA) is 82.6 Å². The van der Waals surface area contributed by atoms with Crippen LogP contribution in [-0.4, -0.2) is 103 Å². The van der Waals surface area contributed by atoms with E-state index in [0.717, 1.165) is 42.7 Å². The molecule has 8 heteroatoms. The number of ether oxygens (including phenoxy) is 2. The Bertz CT molecular complexity index is 1280. The molecule has 0 spiro atoms. The highest BCUT2D eigenvalue weighted by atomic mass is 16.5. The van der Waals surface area contributed by atoms with Crippen LogP contribution < -0.4 is 4.74 Å². The van der Waals surface area contributed by atoms with Gasteiger partial charge in [0.05, 0.1) is 19.3 Å². The third-order valence-corrected chi connectivity index (χ3v) is 7.71. The van der Waals surface area contributed by atoms with E-state index in [4.69, 9.17) is 9.47 Å². The van der Waals surface area contributed by atoms with Crippen LogP contribution in [-0.2, 0) is 4.74 Å². The second kappa shape index (κ2) is 12.3.